The van der Waals surface area contributed by atoms with Gasteiger partial charge in [-0.05, 0) is 30.5 Å². The van der Waals surface area contributed by atoms with Crippen LogP contribution in [0.2, 0.25) is 0 Å². The number of carbonyl (C=O) groups is 1. The lowest BCUT2D eigenvalue weighted by Gasteiger charge is -2.14. The number of nitrogens with zero attached hydrogens (tertiary/aromatic N) is 5. The molecule has 0 saturated carbocycles. The number of hydrogen-bond acceptors (Lipinski definition) is 5. The van der Waals surface area contributed by atoms with Crippen molar-refractivity contribution >= 4 is 5.91 Å². The summed E-state index contributed by atoms with van der Waals surface area (Å²) in [7, 11) is 1.22. The molecule has 1 atom stereocenters. The Labute approximate surface area is 176 Å². The number of hydrogen-bond donors (Lipinski definition) is 1. The topological polar surface area (TPSA) is 85.6 Å². The lowest BCUT2D eigenvalue weighted by atomic mass is 10.1. The Morgan fingerprint density at radius 3 is 2.47 bits per heavy atom. The molecule has 0 bridgehead atoms. The van der Waals surface area contributed by atoms with Gasteiger partial charge in [-0.25, -0.2) is 9.97 Å². The van der Waals surface area contributed by atoms with E-state index in [0.29, 0.717) is 30.2 Å². The summed E-state index contributed by atoms with van der Waals surface area (Å²) in [4.78, 5) is 24.3. The first-order valence-electron chi connectivity index (χ1n) is 9.25. The van der Waals surface area contributed by atoms with Crippen LogP contribution >= 0.6 is 0 Å². The average Bonchev–Trinajstić information content (AvgIpc) is 3.30. The smallest absolute Gasteiger partial charge is 0.342 e. The Morgan fingerprint density at radius 1 is 1.09 bits per heavy atom. The van der Waals surface area contributed by atoms with Gasteiger partial charge < -0.3 is 5.32 Å². The molecule has 3 aromatic heterocycles. The third-order valence-corrected chi connectivity index (χ3v) is 4.95. The Kier molecular flexibility index (Phi) is 5.13. The lowest BCUT2D eigenvalue weighted by Crippen LogP contribution is -2.29. The van der Waals surface area contributed by atoms with Crippen LogP contribution in [-0.4, -0.2) is 30.6 Å². The molecule has 0 aromatic carbocycles. The van der Waals surface area contributed by atoms with Gasteiger partial charge in [0.2, 0.25) is 0 Å². The highest BCUT2D eigenvalue weighted by Crippen LogP contribution is 2.33. The van der Waals surface area contributed by atoms with E-state index in [9.17, 15) is 31.1 Å². The molecule has 1 N–H and O–H groups in total. The van der Waals surface area contributed by atoms with Gasteiger partial charge in [-0.3, -0.25) is 14.5 Å². The number of aryl methyl sites for hydroxylation is 2. The minimum Gasteiger partial charge on any atom is -0.342 e. The molecule has 0 spiro atoms. The molecule has 3 aromatic rings. The second-order valence-electron chi connectivity index (χ2n) is 7.13. The standard InChI is InChI=1S/C19H14F6N6O/c1-31-12(7-14(30-31)19(23,24)25)17(32)28-11-3-2-10-8-27-16(29-15(10)11)9-4-5-26-13(6-9)18(20,21)22/h4-8,11H,2-3H2,1H3,(H,28,32)/t11-/m1/s1. The number of rotatable bonds is 3. The fourth-order valence-corrected chi connectivity index (χ4v) is 3.41. The van der Waals surface area contributed by atoms with Crippen LogP contribution < -0.4 is 5.32 Å². The molecule has 1 aliphatic carbocycles. The van der Waals surface area contributed by atoms with Gasteiger partial charge in [0.25, 0.3) is 5.91 Å². The highest BCUT2D eigenvalue weighted by molar-refractivity contribution is 5.93. The number of alkyl halides is 6. The summed E-state index contributed by atoms with van der Waals surface area (Å²) >= 11 is 0. The van der Waals surface area contributed by atoms with E-state index in [4.69, 9.17) is 0 Å². The molecule has 7 nitrogen and oxygen atoms in total. The number of carbonyl (C=O) groups excluding carboxylic acids is 1. The predicted octanol–water partition coefficient (Wildman–Crippen LogP) is 3.73. The van der Waals surface area contributed by atoms with Crippen LogP contribution in [0.25, 0.3) is 11.4 Å². The van der Waals surface area contributed by atoms with Crippen molar-refractivity contribution in [3.05, 3.63) is 58.9 Å². The maximum atomic E-state index is 12.9. The summed E-state index contributed by atoms with van der Waals surface area (Å²) in [5.74, 6) is -0.769. The second-order valence-corrected chi connectivity index (χ2v) is 7.13. The van der Waals surface area contributed by atoms with Crippen LogP contribution in [0.1, 0.15) is 45.6 Å². The minimum absolute atomic E-state index is 0.0117. The summed E-state index contributed by atoms with van der Waals surface area (Å²) in [6.45, 7) is 0. The predicted molar refractivity (Wildman–Crippen MR) is 97.0 cm³/mol. The zero-order chi connectivity index (χ0) is 23.3. The van der Waals surface area contributed by atoms with Gasteiger partial charge in [0.05, 0.1) is 11.7 Å². The molecule has 3 heterocycles. The minimum atomic E-state index is -4.70. The molecule has 32 heavy (non-hydrogen) atoms. The molecule has 4 rings (SSSR count). The van der Waals surface area contributed by atoms with Crippen LogP contribution in [0, 0.1) is 0 Å². The first-order valence-corrected chi connectivity index (χ1v) is 9.25. The average molecular weight is 456 g/mol. The van der Waals surface area contributed by atoms with E-state index in [1.54, 1.807) is 0 Å². The summed E-state index contributed by atoms with van der Waals surface area (Å²) in [5.41, 5.74) is -1.41. The molecular formula is C19H14F6N6O. The van der Waals surface area contributed by atoms with Gasteiger partial charge in [-0.15, -0.1) is 0 Å². The van der Waals surface area contributed by atoms with E-state index < -0.39 is 35.7 Å². The molecule has 0 radical (unpaired) electrons. The van der Waals surface area contributed by atoms with Crippen LogP contribution in [0.5, 0.6) is 0 Å². The van der Waals surface area contributed by atoms with E-state index in [1.807, 2.05) is 0 Å². The first kappa shape index (κ1) is 21.7. The third-order valence-electron chi connectivity index (χ3n) is 4.95. The monoisotopic (exact) mass is 456 g/mol. The molecule has 0 saturated heterocycles. The van der Waals surface area contributed by atoms with Crippen molar-refractivity contribution < 1.29 is 31.1 Å². The Balaban J connectivity index is 1.60. The molecule has 13 heteroatoms. The number of fused-ring (bicyclic) bond motifs is 1. The Morgan fingerprint density at radius 2 is 1.81 bits per heavy atom. The number of halogens is 6. The normalized spacial score (nSPS) is 16.2. The second kappa shape index (κ2) is 7.57. The first-order chi connectivity index (χ1) is 14.9. The summed E-state index contributed by atoms with van der Waals surface area (Å²) in [5, 5.41) is 5.93. The summed E-state index contributed by atoms with van der Waals surface area (Å²) < 4.78 is 78.2. The van der Waals surface area contributed by atoms with Gasteiger partial charge >= 0.3 is 12.4 Å². The number of pyridine rings is 1. The fourth-order valence-electron chi connectivity index (χ4n) is 3.41. The van der Waals surface area contributed by atoms with E-state index in [0.717, 1.165) is 16.9 Å². The number of aromatic nitrogens is 5. The zero-order valence-electron chi connectivity index (χ0n) is 16.3. The van der Waals surface area contributed by atoms with Crippen molar-refractivity contribution in [3.63, 3.8) is 0 Å². The third kappa shape index (κ3) is 4.14. The maximum absolute atomic E-state index is 12.9. The fraction of sp³-hybridized carbons (Fsp3) is 0.316. The number of nitrogens with one attached hydrogen (secondary N) is 1. The van der Waals surface area contributed by atoms with Gasteiger partial charge in [0.1, 0.15) is 11.4 Å². The van der Waals surface area contributed by atoms with Crippen molar-refractivity contribution in [3.8, 4) is 11.4 Å². The van der Waals surface area contributed by atoms with Crippen LogP contribution in [0.15, 0.2) is 30.6 Å². The quantitative estimate of drug-likeness (QED) is 0.608. The van der Waals surface area contributed by atoms with Crippen molar-refractivity contribution in [2.75, 3.05) is 0 Å². The molecule has 0 unspecified atom stereocenters. The van der Waals surface area contributed by atoms with E-state index in [-0.39, 0.29) is 17.1 Å². The zero-order valence-corrected chi connectivity index (χ0v) is 16.3. The van der Waals surface area contributed by atoms with Crippen LogP contribution in [0.3, 0.4) is 0 Å². The van der Waals surface area contributed by atoms with Crippen LogP contribution in [-0.2, 0) is 25.8 Å². The maximum Gasteiger partial charge on any atom is 0.435 e. The van der Waals surface area contributed by atoms with E-state index in [2.05, 4.69) is 25.4 Å². The summed E-state index contributed by atoms with van der Waals surface area (Å²) in [6.07, 6.45) is -5.98. The van der Waals surface area contributed by atoms with Crippen molar-refractivity contribution in [1.29, 1.82) is 0 Å². The molecule has 0 fully saturated rings. The highest BCUT2D eigenvalue weighted by atomic mass is 19.4. The number of amides is 1. The van der Waals surface area contributed by atoms with Gasteiger partial charge in [-0.2, -0.15) is 31.4 Å². The Bertz CT molecular complexity index is 1190. The van der Waals surface area contributed by atoms with Crippen molar-refractivity contribution in [2.45, 2.75) is 31.2 Å². The molecular weight excluding hydrogens is 442 g/mol. The highest BCUT2D eigenvalue weighted by Gasteiger charge is 2.36. The van der Waals surface area contributed by atoms with Crippen molar-refractivity contribution in [2.24, 2.45) is 7.05 Å². The SMILES string of the molecule is Cn1nc(C(F)(F)F)cc1C(=O)N[C@@H]1CCc2cnc(-c3ccnc(C(F)(F)F)c3)nc21. The lowest BCUT2D eigenvalue weighted by molar-refractivity contribution is -0.142. The Hall–Kier alpha value is -3.51. The largest absolute Gasteiger partial charge is 0.435 e. The molecule has 168 valence electrons. The van der Waals surface area contributed by atoms with Crippen LogP contribution in [0.4, 0.5) is 26.3 Å². The van der Waals surface area contributed by atoms with Crippen molar-refractivity contribution in [1.82, 2.24) is 30.0 Å². The summed E-state index contributed by atoms with van der Waals surface area (Å²) in [6, 6.07) is 2.14. The van der Waals surface area contributed by atoms with Gasteiger partial charge in [0.15, 0.2) is 11.5 Å². The van der Waals surface area contributed by atoms with E-state index in [1.165, 1.54) is 19.3 Å². The van der Waals surface area contributed by atoms with E-state index >= 15 is 0 Å². The van der Waals surface area contributed by atoms with Gasteiger partial charge in [0, 0.05) is 31.1 Å². The van der Waals surface area contributed by atoms with Gasteiger partial charge in [-0.1, -0.05) is 0 Å². The molecule has 0 aliphatic heterocycles. The molecule has 1 amide bonds. The molecule has 1 aliphatic rings.